The van der Waals surface area contributed by atoms with Crippen LogP contribution in [0.1, 0.15) is 58.7 Å². The number of benzene rings is 1. The van der Waals surface area contributed by atoms with Crippen LogP contribution in [0.3, 0.4) is 0 Å². The highest BCUT2D eigenvalue weighted by molar-refractivity contribution is 5.89. The summed E-state index contributed by atoms with van der Waals surface area (Å²) in [4.78, 5) is 12.3. The second-order valence-electron chi connectivity index (χ2n) is 7.74. The lowest BCUT2D eigenvalue weighted by molar-refractivity contribution is -0.147. The summed E-state index contributed by atoms with van der Waals surface area (Å²) in [7, 11) is 0. The highest BCUT2D eigenvalue weighted by Crippen LogP contribution is 2.51. The standard InChI is InChI=1S/C20H17F7N2O2/c21-12-7-6-11(8-13(12)22)29-14-9-19(23,24)17(15(14)16(28-29)20(25,26)27)31-18(30)10-4-2-1-3-5-10/h1-5,11-13,17H,6-9H2/t11-,12-,13+,17-/m0/s1. The fourth-order valence-electron chi connectivity index (χ4n) is 4.15. The van der Waals surface area contributed by atoms with E-state index in [9.17, 15) is 35.5 Å². The van der Waals surface area contributed by atoms with Gasteiger partial charge in [0.25, 0.3) is 5.92 Å². The number of fused-ring (bicyclic) bond motifs is 1. The lowest BCUT2D eigenvalue weighted by Gasteiger charge is -2.28. The zero-order valence-corrected chi connectivity index (χ0v) is 15.9. The summed E-state index contributed by atoms with van der Waals surface area (Å²) in [5.74, 6) is -5.03. The van der Waals surface area contributed by atoms with Crippen molar-refractivity contribution in [2.75, 3.05) is 0 Å². The van der Waals surface area contributed by atoms with Gasteiger partial charge in [-0.2, -0.15) is 18.3 Å². The van der Waals surface area contributed by atoms with E-state index in [2.05, 4.69) is 5.10 Å². The van der Waals surface area contributed by atoms with E-state index in [-0.39, 0.29) is 18.4 Å². The molecule has 2 aliphatic carbocycles. The quantitative estimate of drug-likeness (QED) is 0.465. The van der Waals surface area contributed by atoms with Gasteiger partial charge in [-0.1, -0.05) is 18.2 Å². The SMILES string of the molecule is O=C(O[C@H]1c2c(C(F)(F)F)nn([C@H]3CC[C@H](F)[C@H](F)C3)c2CC1(F)F)c1ccccc1. The lowest BCUT2D eigenvalue weighted by Crippen LogP contribution is -2.32. The molecule has 0 radical (unpaired) electrons. The molecule has 0 unspecified atom stereocenters. The van der Waals surface area contributed by atoms with Crippen molar-refractivity contribution in [1.29, 1.82) is 0 Å². The zero-order chi connectivity index (χ0) is 22.6. The van der Waals surface area contributed by atoms with Crippen LogP contribution in [-0.4, -0.2) is 34.0 Å². The van der Waals surface area contributed by atoms with Crippen LogP contribution in [0.25, 0.3) is 0 Å². The van der Waals surface area contributed by atoms with Crippen LogP contribution in [-0.2, 0) is 17.3 Å². The fraction of sp³-hybridized carbons (Fsp3) is 0.500. The molecule has 4 rings (SSSR count). The van der Waals surface area contributed by atoms with Crippen LogP contribution in [0, 0.1) is 0 Å². The number of hydrogen-bond donors (Lipinski definition) is 0. The maximum Gasteiger partial charge on any atom is 0.435 e. The number of esters is 1. The molecule has 4 atom stereocenters. The number of ether oxygens (including phenoxy) is 1. The lowest BCUT2D eigenvalue weighted by atomic mass is 9.92. The highest BCUT2D eigenvalue weighted by atomic mass is 19.4. The molecule has 2 aromatic rings. The third-order valence-corrected chi connectivity index (χ3v) is 5.61. The number of aromatic nitrogens is 2. The molecule has 0 spiro atoms. The smallest absolute Gasteiger partial charge is 0.435 e. The van der Waals surface area contributed by atoms with Crippen molar-refractivity contribution in [1.82, 2.24) is 9.78 Å². The summed E-state index contributed by atoms with van der Waals surface area (Å²) in [6.07, 6.45) is -13.3. The summed E-state index contributed by atoms with van der Waals surface area (Å²) in [5, 5.41) is 3.46. The molecule has 0 amide bonds. The molecule has 4 nitrogen and oxygen atoms in total. The van der Waals surface area contributed by atoms with E-state index in [0.29, 0.717) is 0 Å². The van der Waals surface area contributed by atoms with Crippen molar-refractivity contribution < 1.29 is 40.3 Å². The third kappa shape index (κ3) is 3.89. The molecular weight excluding hydrogens is 433 g/mol. The molecular formula is C20H17F7N2O2. The molecule has 1 aromatic carbocycles. The van der Waals surface area contributed by atoms with Crippen LogP contribution in [0.15, 0.2) is 30.3 Å². The van der Waals surface area contributed by atoms with Crippen LogP contribution >= 0.6 is 0 Å². The summed E-state index contributed by atoms with van der Waals surface area (Å²) < 4.78 is 103. The first-order valence-corrected chi connectivity index (χ1v) is 9.59. The monoisotopic (exact) mass is 450 g/mol. The van der Waals surface area contributed by atoms with Gasteiger partial charge in [0.2, 0.25) is 0 Å². The fourth-order valence-corrected chi connectivity index (χ4v) is 4.15. The minimum atomic E-state index is -5.11. The van der Waals surface area contributed by atoms with Crippen molar-refractivity contribution in [2.24, 2.45) is 0 Å². The molecule has 2 aliphatic rings. The summed E-state index contributed by atoms with van der Waals surface area (Å²) in [5.41, 5.74) is -3.12. The van der Waals surface area contributed by atoms with E-state index in [0.717, 1.165) is 4.68 Å². The van der Waals surface area contributed by atoms with Gasteiger partial charge in [0.15, 0.2) is 11.8 Å². The Morgan fingerprint density at radius 1 is 1.10 bits per heavy atom. The van der Waals surface area contributed by atoms with Gasteiger partial charge in [0.05, 0.1) is 29.3 Å². The number of hydrogen-bond acceptors (Lipinski definition) is 3. The average molecular weight is 450 g/mol. The number of carbonyl (C=O) groups is 1. The number of halogens is 7. The van der Waals surface area contributed by atoms with E-state index in [1.807, 2.05) is 0 Å². The maximum atomic E-state index is 14.7. The average Bonchev–Trinajstić information content (AvgIpc) is 3.18. The van der Waals surface area contributed by atoms with Gasteiger partial charge in [0.1, 0.15) is 12.3 Å². The molecule has 0 bridgehead atoms. The van der Waals surface area contributed by atoms with Crippen LogP contribution < -0.4 is 0 Å². The Balaban J connectivity index is 1.75. The number of carbonyl (C=O) groups excluding carboxylic acids is 1. The first-order chi connectivity index (χ1) is 14.5. The minimum Gasteiger partial charge on any atom is -0.447 e. The van der Waals surface area contributed by atoms with Gasteiger partial charge in [0, 0.05) is 6.42 Å². The van der Waals surface area contributed by atoms with Crippen LogP contribution in [0.2, 0.25) is 0 Å². The number of rotatable bonds is 3. The van der Waals surface area contributed by atoms with E-state index in [4.69, 9.17) is 4.74 Å². The first kappa shape index (κ1) is 21.6. The largest absolute Gasteiger partial charge is 0.447 e. The zero-order valence-electron chi connectivity index (χ0n) is 15.9. The topological polar surface area (TPSA) is 44.1 Å². The molecule has 1 saturated carbocycles. The van der Waals surface area contributed by atoms with Gasteiger partial charge in [-0.15, -0.1) is 0 Å². The molecule has 31 heavy (non-hydrogen) atoms. The molecule has 0 saturated heterocycles. The van der Waals surface area contributed by atoms with Gasteiger partial charge in [-0.25, -0.2) is 22.4 Å². The predicted octanol–water partition coefficient (Wildman–Crippen LogP) is 5.39. The summed E-state index contributed by atoms with van der Waals surface area (Å²) in [6.45, 7) is 0. The van der Waals surface area contributed by atoms with Gasteiger partial charge in [-0.3, -0.25) is 4.68 Å². The van der Waals surface area contributed by atoms with Crippen molar-refractivity contribution in [3.05, 3.63) is 52.8 Å². The van der Waals surface area contributed by atoms with E-state index in [1.165, 1.54) is 24.3 Å². The molecule has 1 heterocycles. The predicted molar refractivity (Wildman–Crippen MR) is 93.2 cm³/mol. The minimum absolute atomic E-state index is 0.0486. The van der Waals surface area contributed by atoms with Crippen LogP contribution in [0.4, 0.5) is 30.7 Å². The Bertz CT molecular complexity index is 974. The van der Waals surface area contributed by atoms with E-state index in [1.54, 1.807) is 6.07 Å². The second-order valence-corrected chi connectivity index (χ2v) is 7.74. The van der Waals surface area contributed by atoms with Crippen molar-refractivity contribution in [2.45, 2.75) is 62.3 Å². The molecule has 0 N–H and O–H groups in total. The van der Waals surface area contributed by atoms with E-state index < -0.39 is 72.4 Å². The van der Waals surface area contributed by atoms with Crippen molar-refractivity contribution in [3.63, 3.8) is 0 Å². The molecule has 1 aromatic heterocycles. The number of nitrogens with zero attached hydrogens (tertiary/aromatic N) is 2. The summed E-state index contributed by atoms with van der Waals surface area (Å²) >= 11 is 0. The molecule has 1 fully saturated rings. The number of alkyl halides is 7. The van der Waals surface area contributed by atoms with Crippen LogP contribution in [0.5, 0.6) is 0 Å². The first-order valence-electron chi connectivity index (χ1n) is 9.59. The second kappa shape index (κ2) is 7.52. The van der Waals surface area contributed by atoms with Gasteiger partial charge in [-0.05, 0) is 25.0 Å². The Kier molecular flexibility index (Phi) is 5.25. The molecule has 11 heteroatoms. The highest BCUT2D eigenvalue weighted by Gasteiger charge is 2.58. The van der Waals surface area contributed by atoms with Gasteiger partial charge >= 0.3 is 12.1 Å². The van der Waals surface area contributed by atoms with Crippen molar-refractivity contribution in [3.8, 4) is 0 Å². The molecule has 0 aliphatic heterocycles. The third-order valence-electron chi connectivity index (χ3n) is 5.61. The normalized spacial score (nSPS) is 27.7. The van der Waals surface area contributed by atoms with Gasteiger partial charge < -0.3 is 4.74 Å². The van der Waals surface area contributed by atoms with Crippen molar-refractivity contribution >= 4 is 5.97 Å². The molecule has 168 valence electrons. The summed E-state index contributed by atoms with van der Waals surface area (Å²) in [6, 6.07) is 6.01. The Hall–Kier alpha value is -2.59. The Morgan fingerprint density at radius 2 is 1.77 bits per heavy atom. The Labute approximate surface area is 172 Å². The Morgan fingerprint density at radius 3 is 2.39 bits per heavy atom. The van der Waals surface area contributed by atoms with E-state index >= 15 is 0 Å². The maximum absolute atomic E-state index is 14.7.